The molecule has 0 aliphatic carbocycles. The number of nitrogens with one attached hydrogen (secondary N) is 1. The fourth-order valence-corrected chi connectivity index (χ4v) is 2.38. The van der Waals surface area contributed by atoms with Crippen LogP contribution in [0.25, 0.3) is 0 Å². The Morgan fingerprint density at radius 3 is 3.11 bits per heavy atom. The number of aromatic nitrogens is 3. The lowest BCUT2D eigenvalue weighted by Gasteiger charge is -2.31. The molecule has 4 N–H and O–H groups in total. The zero-order valence-corrected chi connectivity index (χ0v) is 10.8. The quantitative estimate of drug-likeness (QED) is 0.634. The van der Waals surface area contributed by atoms with Gasteiger partial charge in [0.1, 0.15) is 5.82 Å². The van der Waals surface area contributed by atoms with Crippen LogP contribution in [0.5, 0.6) is 0 Å². The van der Waals surface area contributed by atoms with Gasteiger partial charge in [-0.3, -0.25) is 5.10 Å². The summed E-state index contributed by atoms with van der Waals surface area (Å²) in [4.78, 5) is 6.73. The minimum absolute atomic E-state index is 0.241. The molecule has 1 fully saturated rings. The standard InChI is InChI=1S/C12H23N5O/c13-8-10-4-3-6-17(9-10)12-14-11(15-16-12)5-1-2-7-18/h10,18H,1-9,13H2,(H,14,15,16). The number of hydrogen-bond acceptors (Lipinski definition) is 5. The molecular formula is C12H23N5O. The smallest absolute Gasteiger partial charge is 0.244 e. The van der Waals surface area contributed by atoms with Crippen molar-refractivity contribution in [1.29, 1.82) is 0 Å². The van der Waals surface area contributed by atoms with E-state index in [1.165, 1.54) is 6.42 Å². The zero-order valence-electron chi connectivity index (χ0n) is 10.8. The summed E-state index contributed by atoms with van der Waals surface area (Å²) in [5.74, 6) is 2.27. The summed E-state index contributed by atoms with van der Waals surface area (Å²) in [6, 6.07) is 0. The van der Waals surface area contributed by atoms with E-state index in [0.717, 1.165) is 57.1 Å². The van der Waals surface area contributed by atoms with E-state index in [-0.39, 0.29) is 6.61 Å². The van der Waals surface area contributed by atoms with E-state index in [0.29, 0.717) is 5.92 Å². The first-order valence-corrected chi connectivity index (χ1v) is 6.80. The maximum atomic E-state index is 8.74. The normalized spacial score (nSPS) is 20.3. The minimum atomic E-state index is 0.241. The topological polar surface area (TPSA) is 91.1 Å². The van der Waals surface area contributed by atoms with Gasteiger partial charge >= 0.3 is 0 Å². The molecule has 2 heterocycles. The summed E-state index contributed by atoms with van der Waals surface area (Å²) in [5, 5.41) is 16.0. The molecule has 6 nitrogen and oxygen atoms in total. The number of aryl methyl sites for hydroxylation is 1. The van der Waals surface area contributed by atoms with E-state index in [9.17, 15) is 0 Å². The number of hydrogen-bond donors (Lipinski definition) is 3. The van der Waals surface area contributed by atoms with Crippen LogP contribution in [0.3, 0.4) is 0 Å². The summed E-state index contributed by atoms with van der Waals surface area (Å²) in [5.41, 5.74) is 5.73. The number of anilines is 1. The van der Waals surface area contributed by atoms with Gasteiger partial charge in [0.15, 0.2) is 0 Å². The summed E-state index contributed by atoms with van der Waals surface area (Å²) >= 11 is 0. The van der Waals surface area contributed by atoms with E-state index in [2.05, 4.69) is 20.1 Å². The van der Waals surface area contributed by atoms with Crippen LogP contribution in [0.15, 0.2) is 0 Å². The summed E-state index contributed by atoms with van der Waals surface area (Å²) in [7, 11) is 0. The van der Waals surface area contributed by atoms with Crippen LogP contribution in [0.4, 0.5) is 5.95 Å². The molecule has 1 saturated heterocycles. The molecular weight excluding hydrogens is 230 g/mol. The Morgan fingerprint density at radius 1 is 1.44 bits per heavy atom. The predicted molar refractivity (Wildman–Crippen MR) is 70.4 cm³/mol. The van der Waals surface area contributed by atoms with Crippen LogP contribution >= 0.6 is 0 Å². The Balaban J connectivity index is 1.88. The van der Waals surface area contributed by atoms with Gasteiger partial charge < -0.3 is 15.7 Å². The number of aromatic amines is 1. The largest absolute Gasteiger partial charge is 0.396 e. The van der Waals surface area contributed by atoms with Gasteiger partial charge in [0.25, 0.3) is 0 Å². The summed E-state index contributed by atoms with van der Waals surface area (Å²) < 4.78 is 0. The van der Waals surface area contributed by atoms with Crippen LogP contribution < -0.4 is 10.6 Å². The Bertz CT molecular complexity index is 354. The number of rotatable bonds is 6. The second-order valence-corrected chi connectivity index (χ2v) is 4.95. The van der Waals surface area contributed by atoms with E-state index in [4.69, 9.17) is 10.8 Å². The van der Waals surface area contributed by atoms with E-state index >= 15 is 0 Å². The molecule has 1 aliphatic rings. The molecule has 1 aromatic heterocycles. The lowest BCUT2D eigenvalue weighted by atomic mass is 9.99. The van der Waals surface area contributed by atoms with Gasteiger partial charge in [-0.15, -0.1) is 5.10 Å². The average molecular weight is 253 g/mol. The monoisotopic (exact) mass is 253 g/mol. The van der Waals surface area contributed by atoms with Crippen molar-refractivity contribution in [1.82, 2.24) is 15.2 Å². The number of nitrogens with two attached hydrogens (primary N) is 1. The number of piperidine rings is 1. The van der Waals surface area contributed by atoms with Gasteiger partial charge in [-0.1, -0.05) is 0 Å². The molecule has 0 bridgehead atoms. The Labute approximate surface area is 108 Å². The van der Waals surface area contributed by atoms with Crippen molar-refractivity contribution < 1.29 is 5.11 Å². The third-order valence-corrected chi connectivity index (χ3v) is 3.48. The summed E-state index contributed by atoms with van der Waals surface area (Å²) in [6.07, 6.45) is 4.98. The molecule has 2 rings (SSSR count). The lowest BCUT2D eigenvalue weighted by Crippen LogP contribution is -2.39. The third kappa shape index (κ3) is 3.43. The molecule has 0 saturated carbocycles. The van der Waals surface area contributed by atoms with E-state index < -0.39 is 0 Å². The van der Waals surface area contributed by atoms with Crippen LogP contribution in [0.2, 0.25) is 0 Å². The molecule has 0 amide bonds. The van der Waals surface area contributed by atoms with Gasteiger partial charge in [0, 0.05) is 26.1 Å². The SMILES string of the molecule is NCC1CCCN(c2n[nH]c(CCCCO)n2)C1. The van der Waals surface area contributed by atoms with Crippen LogP contribution in [-0.4, -0.2) is 46.5 Å². The summed E-state index contributed by atoms with van der Waals surface area (Å²) in [6.45, 7) is 2.96. The minimum Gasteiger partial charge on any atom is -0.396 e. The van der Waals surface area contributed by atoms with E-state index in [1.54, 1.807) is 0 Å². The molecule has 0 aromatic carbocycles. The van der Waals surface area contributed by atoms with Gasteiger partial charge in [0.05, 0.1) is 0 Å². The predicted octanol–water partition coefficient (Wildman–Crippen LogP) is 0.295. The fraction of sp³-hybridized carbons (Fsp3) is 0.833. The second-order valence-electron chi connectivity index (χ2n) is 4.95. The highest BCUT2D eigenvalue weighted by Gasteiger charge is 2.21. The van der Waals surface area contributed by atoms with Crippen molar-refractivity contribution in [3.05, 3.63) is 5.82 Å². The second kappa shape index (κ2) is 6.70. The highest BCUT2D eigenvalue weighted by Crippen LogP contribution is 2.19. The molecule has 0 spiro atoms. The number of unbranched alkanes of at least 4 members (excludes halogenated alkanes) is 1. The third-order valence-electron chi connectivity index (χ3n) is 3.48. The molecule has 1 aliphatic heterocycles. The van der Waals surface area contributed by atoms with Crippen molar-refractivity contribution in [2.75, 3.05) is 31.1 Å². The number of aliphatic hydroxyl groups excluding tert-OH is 1. The van der Waals surface area contributed by atoms with E-state index in [1.807, 2.05) is 0 Å². The van der Waals surface area contributed by atoms with Gasteiger partial charge in [0.2, 0.25) is 5.95 Å². The van der Waals surface area contributed by atoms with Crippen molar-refractivity contribution in [3.8, 4) is 0 Å². The molecule has 1 unspecified atom stereocenters. The number of nitrogens with zero attached hydrogens (tertiary/aromatic N) is 3. The Morgan fingerprint density at radius 2 is 2.33 bits per heavy atom. The van der Waals surface area contributed by atoms with Gasteiger partial charge in [-0.05, 0) is 38.1 Å². The fourth-order valence-electron chi connectivity index (χ4n) is 2.38. The molecule has 102 valence electrons. The van der Waals surface area contributed by atoms with Crippen LogP contribution in [0.1, 0.15) is 31.5 Å². The van der Waals surface area contributed by atoms with Crippen LogP contribution in [-0.2, 0) is 6.42 Å². The highest BCUT2D eigenvalue weighted by atomic mass is 16.2. The Kier molecular flexibility index (Phi) is 4.95. The first-order chi connectivity index (χ1) is 8.83. The maximum Gasteiger partial charge on any atom is 0.244 e. The first kappa shape index (κ1) is 13.3. The van der Waals surface area contributed by atoms with Crippen molar-refractivity contribution in [2.24, 2.45) is 11.7 Å². The highest BCUT2D eigenvalue weighted by molar-refractivity contribution is 5.29. The number of H-pyrrole nitrogens is 1. The average Bonchev–Trinajstić information content (AvgIpc) is 2.88. The molecule has 0 radical (unpaired) electrons. The Hall–Kier alpha value is -1.14. The van der Waals surface area contributed by atoms with Crippen LogP contribution in [0, 0.1) is 5.92 Å². The number of aliphatic hydroxyl groups is 1. The molecule has 1 atom stereocenters. The molecule has 18 heavy (non-hydrogen) atoms. The van der Waals surface area contributed by atoms with Gasteiger partial charge in [-0.25, -0.2) is 0 Å². The van der Waals surface area contributed by atoms with Crippen molar-refractivity contribution in [2.45, 2.75) is 32.1 Å². The lowest BCUT2D eigenvalue weighted by molar-refractivity contribution is 0.284. The zero-order chi connectivity index (χ0) is 12.8. The maximum absolute atomic E-state index is 8.74. The van der Waals surface area contributed by atoms with Gasteiger partial charge in [-0.2, -0.15) is 4.98 Å². The first-order valence-electron chi connectivity index (χ1n) is 6.80. The van der Waals surface area contributed by atoms with Crippen molar-refractivity contribution in [3.63, 3.8) is 0 Å². The van der Waals surface area contributed by atoms with Crippen molar-refractivity contribution >= 4 is 5.95 Å². The molecule has 6 heteroatoms. The molecule has 1 aromatic rings.